The van der Waals surface area contributed by atoms with Gasteiger partial charge in [-0.15, -0.1) is 0 Å². The fraction of sp³-hybridized carbons (Fsp3) is 0.409. The molecule has 1 aliphatic carbocycles. The predicted octanol–water partition coefficient (Wildman–Crippen LogP) is 4.33. The van der Waals surface area contributed by atoms with Crippen molar-refractivity contribution in [3.05, 3.63) is 58.1 Å². The Morgan fingerprint density at radius 2 is 1.69 bits per heavy atom. The minimum atomic E-state index is -0.373. The second-order valence-corrected chi connectivity index (χ2v) is 8.96. The zero-order valence-corrected chi connectivity index (χ0v) is 17.8. The van der Waals surface area contributed by atoms with E-state index in [1.54, 1.807) is 0 Å². The number of rotatable bonds is 4. The Hall–Kier alpha value is -1.79. The van der Waals surface area contributed by atoms with Crippen LogP contribution in [-0.4, -0.2) is 47.5 Å². The van der Waals surface area contributed by atoms with Gasteiger partial charge in [-0.05, 0) is 37.1 Å². The van der Waals surface area contributed by atoms with E-state index in [-0.39, 0.29) is 5.66 Å². The van der Waals surface area contributed by atoms with Crippen LogP contribution in [0.25, 0.3) is 0 Å². The highest BCUT2D eigenvalue weighted by atomic mass is 35.5. The fourth-order valence-corrected chi connectivity index (χ4v) is 5.16. The van der Waals surface area contributed by atoms with Gasteiger partial charge in [-0.3, -0.25) is 9.80 Å². The number of anilines is 1. The summed E-state index contributed by atoms with van der Waals surface area (Å²) in [6.45, 7) is 4.48. The predicted molar refractivity (Wildman–Crippen MR) is 120 cm³/mol. The molecule has 0 aromatic heterocycles. The molecule has 2 fully saturated rings. The van der Waals surface area contributed by atoms with E-state index in [0.29, 0.717) is 11.8 Å². The van der Waals surface area contributed by atoms with Crippen molar-refractivity contribution in [3.63, 3.8) is 0 Å². The molecule has 1 atom stereocenters. The summed E-state index contributed by atoms with van der Waals surface area (Å²) in [4.78, 5) is 9.69. The van der Waals surface area contributed by atoms with Crippen molar-refractivity contribution in [1.82, 2.24) is 9.80 Å². The highest BCUT2D eigenvalue weighted by Crippen LogP contribution is 2.47. The normalized spacial score (nSPS) is 25.2. The smallest absolute Gasteiger partial charge is 0.153 e. The van der Waals surface area contributed by atoms with Crippen LogP contribution in [0.2, 0.25) is 10.0 Å². The van der Waals surface area contributed by atoms with E-state index < -0.39 is 0 Å². The van der Waals surface area contributed by atoms with Crippen LogP contribution in [0.4, 0.5) is 11.4 Å². The molecule has 2 aromatic carbocycles. The van der Waals surface area contributed by atoms with E-state index in [0.717, 1.165) is 59.7 Å². The third kappa shape index (κ3) is 3.40. The molecule has 3 aliphatic rings. The van der Waals surface area contributed by atoms with Gasteiger partial charge in [0, 0.05) is 54.3 Å². The van der Waals surface area contributed by atoms with Crippen molar-refractivity contribution in [2.24, 2.45) is 16.6 Å². The van der Waals surface area contributed by atoms with Gasteiger partial charge < -0.3 is 11.1 Å². The Morgan fingerprint density at radius 3 is 2.38 bits per heavy atom. The third-order valence-corrected chi connectivity index (χ3v) is 7.05. The first kappa shape index (κ1) is 19.2. The SMILES string of the molecule is NC1=Nc2ccccc2NC1(C1CC1)N1CCN(Cc2c(Cl)cccc2Cl)CC1. The Kier molecular flexibility index (Phi) is 4.95. The second-order valence-electron chi connectivity index (χ2n) is 8.14. The van der Waals surface area contributed by atoms with Crippen LogP contribution in [0.15, 0.2) is 47.5 Å². The number of nitrogens with one attached hydrogen (secondary N) is 1. The molecule has 7 heteroatoms. The number of fused-ring (bicyclic) bond motifs is 1. The van der Waals surface area contributed by atoms with Gasteiger partial charge >= 0.3 is 0 Å². The fourth-order valence-electron chi connectivity index (χ4n) is 4.64. The monoisotopic (exact) mass is 429 g/mol. The van der Waals surface area contributed by atoms with E-state index in [1.807, 2.05) is 36.4 Å². The molecule has 0 spiro atoms. The van der Waals surface area contributed by atoms with E-state index in [9.17, 15) is 0 Å². The maximum Gasteiger partial charge on any atom is 0.153 e. The molecule has 0 amide bonds. The second kappa shape index (κ2) is 7.47. The van der Waals surface area contributed by atoms with Crippen LogP contribution < -0.4 is 11.1 Å². The number of piperazine rings is 1. The van der Waals surface area contributed by atoms with Crippen molar-refractivity contribution < 1.29 is 0 Å². The number of nitrogens with zero attached hydrogens (tertiary/aromatic N) is 3. The van der Waals surface area contributed by atoms with Crippen molar-refractivity contribution in [1.29, 1.82) is 0 Å². The summed E-state index contributed by atoms with van der Waals surface area (Å²) in [6, 6.07) is 13.9. The lowest BCUT2D eigenvalue weighted by Crippen LogP contribution is -2.68. The highest BCUT2D eigenvalue weighted by molar-refractivity contribution is 6.35. The summed E-state index contributed by atoms with van der Waals surface area (Å²) < 4.78 is 0. The molecule has 1 saturated heterocycles. The Balaban J connectivity index is 1.34. The average Bonchev–Trinajstić information content (AvgIpc) is 3.57. The lowest BCUT2D eigenvalue weighted by Gasteiger charge is -2.50. The summed E-state index contributed by atoms with van der Waals surface area (Å²) in [7, 11) is 0. The molecule has 3 N–H and O–H groups in total. The van der Waals surface area contributed by atoms with Crippen molar-refractivity contribution in [2.75, 3.05) is 31.5 Å². The van der Waals surface area contributed by atoms with Crippen molar-refractivity contribution in [3.8, 4) is 0 Å². The summed E-state index contributed by atoms with van der Waals surface area (Å²) in [5, 5.41) is 5.25. The Labute approximate surface area is 181 Å². The molecule has 1 unspecified atom stereocenters. The molecule has 152 valence electrons. The molecule has 2 aromatic rings. The quantitative estimate of drug-likeness (QED) is 0.758. The first-order valence-corrected chi connectivity index (χ1v) is 11.0. The molecule has 0 bridgehead atoms. The van der Waals surface area contributed by atoms with Gasteiger partial charge in [0.2, 0.25) is 0 Å². The van der Waals surface area contributed by atoms with Gasteiger partial charge in [-0.1, -0.05) is 41.4 Å². The summed E-state index contributed by atoms with van der Waals surface area (Å²) >= 11 is 12.7. The summed E-state index contributed by atoms with van der Waals surface area (Å²) in [5.74, 6) is 1.20. The maximum atomic E-state index is 6.60. The molecule has 2 aliphatic heterocycles. The van der Waals surface area contributed by atoms with E-state index >= 15 is 0 Å². The van der Waals surface area contributed by atoms with Gasteiger partial charge in [0.25, 0.3) is 0 Å². The number of nitrogens with two attached hydrogens (primary N) is 1. The number of hydrogen-bond acceptors (Lipinski definition) is 5. The first-order chi connectivity index (χ1) is 14.1. The van der Waals surface area contributed by atoms with Crippen LogP contribution in [0.3, 0.4) is 0 Å². The largest absolute Gasteiger partial charge is 0.384 e. The number of benzene rings is 2. The van der Waals surface area contributed by atoms with Crippen LogP contribution in [0.1, 0.15) is 18.4 Å². The topological polar surface area (TPSA) is 56.9 Å². The Bertz CT molecular complexity index is 930. The molecular formula is C22H25Cl2N5. The van der Waals surface area contributed by atoms with Gasteiger partial charge in [0.1, 0.15) is 5.84 Å². The van der Waals surface area contributed by atoms with Gasteiger partial charge in [0.05, 0.1) is 11.4 Å². The number of para-hydroxylation sites is 2. The summed E-state index contributed by atoms with van der Waals surface area (Å²) in [6.07, 6.45) is 2.36. The van der Waals surface area contributed by atoms with E-state index in [4.69, 9.17) is 33.9 Å². The first-order valence-electron chi connectivity index (χ1n) is 10.2. The van der Waals surface area contributed by atoms with Gasteiger partial charge in [0.15, 0.2) is 5.66 Å². The molecule has 29 heavy (non-hydrogen) atoms. The molecule has 1 saturated carbocycles. The molecular weight excluding hydrogens is 405 g/mol. The Morgan fingerprint density at radius 1 is 1.00 bits per heavy atom. The van der Waals surface area contributed by atoms with Crippen LogP contribution in [0, 0.1) is 5.92 Å². The van der Waals surface area contributed by atoms with Crippen LogP contribution in [0.5, 0.6) is 0 Å². The standard InChI is InChI=1S/C22H25Cl2N5/c23-17-4-3-5-18(24)16(17)14-28-10-12-29(13-11-28)22(15-8-9-15)21(25)26-19-6-1-2-7-20(19)27-22/h1-7,15,27H,8-14H2,(H2,25,26). The van der Waals surface area contributed by atoms with Crippen LogP contribution >= 0.6 is 23.2 Å². The number of amidine groups is 1. The molecule has 2 heterocycles. The summed E-state index contributed by atoms with van der Waals surface area (Å²) in [5.41, 5.74) is 9.22. The minimum Gasteiger partial charge on any atom is -0.384 e. The molecule has 5 rings (SSSR count). The lowest BCUT2D eigenvalue weighted by molar-refractivity contribution is 0.0665. The zero-order valence-electron chi connectivity index (χ0n) is 16.2. The van der Waals surface area contributed by atoms with E-state index in [1.165, 1.54) is 12.8 Å². The highest BCUT2D eigenvalue weighted by Gasteiger charge is 2.54. The number of hydrogen-bond donors (Lipinski definition) is 2. The average molecular weight is 430 g/mol. The van der Waals surface area contributed by atoms with E-state index in [2.05, 4.69) is 21.2 Å². The van der Waals surface area contributed by atoms with Crippen molar-refractivity contribution in [2.45, 2.75) is 25.0 Å². The number of aliphatic imine (C=N–C) groups is 1. The van der Waals surface area contributed by atoms with Gasteiger partial charge in [-0.25, -0.2) is 4.99 Å². The van der Waals surface area contributed by atoms with Gasteiger partial charge in [-0.2, -0.15) is 0 Å². The lowest BCUT2D eigenvalue weighted by atomic mass is 9.96. The van der Waals surface area contributed by atoms with Crippen LogP contribution in [-0.2, 0) is 6.54 Å². The minimum absolute atomic E-state index is 0.373. The molecule has 0 radical (unpaired) electrons. The zero-order chi connectivity index (χ0) is 20.0. The molecule has 5 nitrogen and oxygen atoms in total. The number of halogens is 2. The van der Waals surface area contributed by atoms with Crippen molar-refractivity contribution >= 4 is 40.4 Å². The maximum absolute atomic E-state index is 6.60. The third-order valence-electron chi connectivity index (χ3n) is 6.34.